The van der Waals surface area contributed by atoms with Crippen molar-refractivity contribution < 1.29 is 4.74 Å². The molecule has 18 heavy (non-hydrogen) atoms. The Morgan fingerprint density at radius 3 is 3.00 bits per heavy atom. The fraction of sp³-hybridized carbons (Fsp3) is 0.154. The summed E-state index contributed by atoms with van der Waals surface area (Å²) in [6.07, 6.45) is 3.64. The number of anilines is 1. The number of nitrogens with one attached hydrogen (secondary N) is 1. The summed E-state index contributed by atoms with van der Waals surface area (Å²) in [6, 6.07) is 9.71. The van der Waals surface area contributed by atoms with Crippen LogP contribution in [-0.4, -0.2) is 16.9 Å². The van der Waals surface area contributed by atoms with Crippen molar-refractivity contribution in [3.63, 3.8) is 0 Å². The summed E-state index contributed by atoms with van der Waals surface area (Å²) < 4.78 is 7.08. The van der Waals surface area contributed by atoms with Gasteiger partial charge < -0.3 is 10.1 Å². The number of fused-ring (bicyclic) bond motifs is 1. The van der Waals surface area contributed by atoms with Crippen molar-refractivity contribution in [2.75, 3.05) is 12.4 Å². The highest BCUT2D eigenvalue weighted by Crippen LogP contribution is 2.34. The molecule has 4 nitrogen and oxygen atoms in total. The Hall–Kier alpha value is -1.94. The number of aromatic nitrogens is 2. The molecule has 0 bridgehead atoms. The Morgan fingerprint density at radius 2 is 2.17 bits per heavy atom. The third-order valence-corrected chi connectivity index (χ3v) is 3.18. The minimum atomic E-state index is -0.295. The van der Waals surface area contributed by atoms with E-state index in [1.807, 2.05) is 36.4 Å². The maximum atomic E-state index is 6.27. The number of ether oxygens (including phenoxy) is 1. The predicted octanol–water partition coefficient (Wildman–Crippen LogP) is 3.10. The van der Waals surface area contributed by atoms with E-state index in [9.17, 15) is 0 Å². The molecule has 2 heterocycles. The maximum absolute atomic E-state index is 6.27. The number of rotatable bonds is 2. The molecule has 0 spiro atoms. The molecule has 1 atom stereocenters. The Labute approximate surface area is 110 Å². The SMILES string of the molecule is COc1ccccc1C1=CC(Cl)n2nccc2N1. The molecule has 3 rings (SSSR count). The van der Waals surface area contributed by atoms with Crippen LogP contribution in [0.3, 0.4) is 0 Å². The van der Waals surface area contributed by atoms with Crippen LogP contribution in [0.1, 0.15) is 11.1 Å². The van der Waals surface area contributed by atoms with Gasteiger partial charge in [-0.2, -0.15) is 5.10 Å². The quantitative estimate of drug-likeness (QED) is 0.845. The number of alkyl halides is 1. The second kappa shape index (κ2) is 4.38. The van der Waals surface area contributed by atoms with Crippen LogP contribution in [0.25, 0.3) is 5.70 Å². The molecule has 0 amide bonds. The van der Waals surface area contributed by atoms with Gasteiger partial charge in [-0.15, -0.1) is 0 Å². The molecule has 1 aliphatic rings. The fourth-order valence-electron chi connectivity index (χ4n) is 2.02. The van der Waals surface area contributed by atoms with Crippen LogP contribution in [0.2, 0.25) is 0 Å². The monoisotopic (exact) mass is 261 g/mol. The second-order valence-electron chi connectivity index (χ2n) is 3.94. The number of allylic oxidation sites excluding steroid dienone is 1. The minimum absolute atomic E-state index is 0.295. The van der Waals surface area contributed by atoms with Crippen LogP contribution in [0, 0.1) is 0 Å². The van der Waals surface area contributed by atoms with E-state index in [0.29, 0.717) is 0 Å². The van der Waals surface area contributed by atoms with Crippen molar-refractivity contribution in [3.05, 3.63) is 48.2 Å². The first-order valence-electron chi connectivity index (χ1n) is 5.59. The zero-order chi connectivity index (χ0) is 12.5. The van der Waals surface area contributed by atoms with E-state index >= 15 is 0 Å². The minimum Gasteiger partial charge on any atom is -0.496 e. The lowest BCUT2D eigenvalue weighted by atomic mass is 10.1. The standard InChI is InChI=1S/C13H12ClN3O/c1-18-11-5-3-2-4-9(11)10-8-12(14)17-13(16-10)6-7-15-17/h2-8,12,16H,1H3. The molecule has 92 valence electrons. The van der Waals surface area contributed by atoms with Crippen LogP contribution in [-0.2, 0) is 0 Å². The van der Waals surface area contributed by atoms with E-state index in [0.717, 1.165) is 22.8 Å². The molecule has 0 aliphatic carbocycles. The van der Waals surface area contributed by atoms with Gasteiger partial charge in [-0.25, -0.2) is 4.68 Å². The van der Waals surface area contributed by atoms with Crippen molar-refractivity contribution in [2.45, 2.75) is 5.50 Å². The number of hydrogen-bond donors (Lipinski definition) is 1. The smallest absolute Gasteiger partial charge is 0.148 e. The van der Waals surface area contributed by atoms with Gasteiger partial charge in [0, 0.05) is 17.3 Å². The van der Waals surface area contributed by atoms with Crippen LogP contribution < -0.4 is 10.1 Å². The summed E-state index contributed by atoms with van der Waals surface area (Å²) in [5.41, 5.74) is 1.62. The molecule has 2 aromatic rings. The van der Waals surface area contributed by atoms with Gasteiger partial charge >= 0.3 is 0 Å². The molecule has 1 aromatic heterocycles. The van der Waals surface area contributed by atoms with Crippen molar-refractivity contribution in [2.24, 2.45) is 0 Å². The van der Waals surface area contributed by atoms with Crippen LogP contribution in [0.15, 0.2) is 42.6 Å². The summed E-state index contributed by atoms with van der Waals surface area (Å²) in [6.45, 7) is 0. The molecular formula is C13H12ClN3O. The lowest BCUT2D eigenvalue weighted by molar-refractivity contribution is 0.413. The Kier molecular flexibility index (Phi) is 2.72. The van der Waals surface area contributed by atoms with Crippen molar-refractivity contribution >= 4 is 23.1 Å². The summed E-state index contributed by atoms with van der Waals surface area (Å²) in [7, 11) is 1.66. The van der Waals surface area contributed by atoms with Gasteiger partial charge in [0.1, 0.15) is 17.1 Å². The first-order chi connectivity index (χ1) is 8.79. The topological polar surface area (TPSA) is 39.1 Å². The molecule has 1 aliphatic heterocycles. The van der Waals surface area contributed by atoms with Gasteiger partial charge in [0.25, 0.3) is 0 Å². The number of para-hydroxylation sites is 1. The highest BCUT2D eigenvalue weighted by molar-refractivity contribution is 6.21. The molecule has 0 fully saturated rings. The van der Waals surface area contributed by atoms with E-state index in [1.165, 1.54) is 0 Å². The van der Waals surface area contributed by atoms with E-state index in [-0.39, 0.29) is 5.50 Å². The molecule has 1 aromatic carbocycles. The number of benzene rings is 1. The second-order valence-corrected chi connectivity index (χ2v) is 4.39. The Balaban J connectivity index is 2.03. The largest absolute Gasteiger partial charge is 0.496 e. The first kappa shape index (κ1) is 11.2. The molecular weight excluding hydrogens is 250 g/mol. The number of nitrogens with zero attached hydrogens (tertiary/aromatic N) is 2. The van der Waals surface area contributed by atoms with Crippen LogP contribution in [0.4, 0.5) is 5.82 Å². The van der Waals surface area contributed by atoms with E-state index < -0.39 is 0 Å². The normalized spacial score (nSPS) is 17.7. The van der Waals surface area contributed by atoms with Crippen molar-refractivity contribution in [3.8, 4) is 5.75 Å². The van der Waals surface area contributed by atoms with E-state index in [4.69, 9.17) is 16.3 Å². The summed E-state index contributed by atoms with van der Waals surface area (Å²) >= 11 is 6.27. The highest BCUT2D eigenvalue weighted by atomic mass is 35.5. The number of methoxy groups -OCH3 is 1. The van der Waals surface area contributed by atoms with Crippen molar-refractivity contribution in [1.82, 2.24) is 9.78 Å². The highest BCUT2D eigenvalue weighted by Gasteiger charge is 2.20. The Bertz CT molecular complexity index is 606. The van der Waals surface area contributed by atoms with Gasteiger partial charge in [0.15, 0.2) is 0 Å². The average Bonchev–Trinajstić information content (AvgIpc) is 2.87. The van der Waals surface area contributed by atoms with Gasteiger partial charge in [0.05, 0.1) is 13.3 Å². The average molecular weight is 262 g/mol. The number of halogens is 1. The van der Waals surface area contributed by atoms with Gasteiger partial charge in [-0.3, -0.25) is 0 Å². The van der Waals surface area contributed by atoms with E-state index in [1.54, 1.807) is 18.0 Å². The molecule has 0 saturated heterocycles. The molecule has 0 saturated carbocycles. The molecule has 1 N–H and O–H groups in total. The zero-order valence-electron chi connectivity index (χ0n) is 9.80. The fourth-order valence-corrected chi connectivity index (χ4v) is 2.30. The summed E-state index contributed by atoms with van der Waals surface area (Å²) in [5, 5.41) is 7.45. The zero-order valence-corrected chi connectivity index (χ0v) is 10.6. The van der Waals surface area contributed by atoms with Crippen LogP contribution in [0.5, 0.6) is 5.75 Å². The molecule has 1 unspecified atom stereocenters. The van der Waals surface area contributed by atoms with Gasteiger partial charge in [-0.05, 0) is 18.2 Å². The molecule has 5 heteroatoms. The lowest BCUT2D eigenvalue weighted by Gasteiger charge is -2.22. The molecule has 0 radical (unpaired) electrons. The van der Waals surface area contributed by atoms with Crippen molar-refractivity contribution in [1.29, 1.82) is 0 Å². The van der Waals surface area contributed by atoms with Crippen LogP contribution >= 0.6 is 11.6 Å². The Morgan fingerprint density at radius 1 is 1.33 bits per heavy atom. The first-order valence-corrected chi connectivity index (χ1v) is 6.03. The predicted molar refractivity (Wildman–Crippen MR) is 71.7 cm³/mol. The maximum Gasteiger partial charge on any atom is 0.148 e. The number of hydrogen-bond acceptors (Lipinski definition) is 3. The third kappa shape index (κ3) is 1.75. The lowest BCUT2D eigenvalue weighted by Crippen LogP contribution is -2.15. The van der Waals surface area contributed by atoms with E-state index in [2.05, 4.69) is 10.4 Å². The summed E-state index contributed by atoms with van der Waals surface area (Å²) in [5.74, 6) is 1.69. The van der Waals surface area contributed by atoms with Gasteiger partial charge in [0.2, 0.25) is 0 Å². The summed E-state index contributed by atoms with van der Waals surface area (Å²) in [4.78, 5) is 0. The third-order valence-electron chi connectivity index (χ3n) is 2.87. The van der Waals surface area contributed by atoms with Gasteiger partial charge in [-0.1, -0.05) is 23.7 Å².